The van der Waals surface area contributed by atoms with Gasteiger partial charge in [0, 0.05) is 29.5 Å². The fraction of sp³-hybridized carbons (Fsp3) is 0.231. The average Bonchev–Trinajstić information content (AvgIpc) is 2.75. The van der Waals surface area contributed by atoms with E-state index in [0.717, 1.165) is 10.3 Å². The van der Waals surface area contributed by atoms with Crippen molar-refractivity contribution in [1.29, 1.82) is 0 Å². The van der Waals surface area contributed by atoms with Crippen LogP contribution in [0.2, 0.25) is 0 Å². The normalized spacial score (nSPS) is 10.4. The van der Waals surface area contributed by atoms with Crippen LogP contribution in [0.25, 0.3) is 0 Å². The van der Waals surface area contributed by atoms with Crippen LogP contribution >= 0.6 is 15.9 Å². The molecule has 2 aromatic rings. The lowest BCUT2D eigenvalue weighted by Gasteiger charge is -2.06. The highest BCUT2D eigenvalue weighted by Gasteiger charge is 2.14. The van der Waals surface area contributed by atoms with E-state index in [0.29, 0.717) is 11.3 Å². The zero-order valence-electron chi connectivity index (χ0n) is 10.2. The predicted octanol–water partition coefficient (Wildman–Crippen LogP) is 2.62. The molecule has 1 aromatic carbocycles. The molecule has 18 heavy (non-hydrogen) atoms. The van der Waals surface area contributed by atoms with Gasteiger partial charge in [0.2, 0.25) is 0 Å². The number of methoxy groups -OCH3 is 1. The largest absolute Gasteiger partial charge is 0.497 e. The number of ketones is 1. The summed E-state index contributed by atoms with van der Waals surface area (Å²) in [5.74, 6) is 1.42. The van der Waals surface area contributed by atoms with Crippen LogP contribution in [0.15, 0.2) is 35.1 Å². The summed E-state index contributed by atoms with van der Waals surface area (Å²) in [6.45, 7) is 0. The molecule has 0 aliphatic heterocycles. The molecule has 4 nitrogen and oxygen atoms in total. The first-order valence-corrected chi connectivity index (χ1v) is 6.24. The van der Waals surface area contributed by atoms with E-state index in [1.54, 1.807) is 19.4 Å². The highest BCUT2D eigenvalue weighted by molar-refractivity contribution is 9.10. The molecule has 0 N–H and O–H groups in total. The lowest BCUT2D eigenvalue weighted by atomic mass is 10.1. The monoisotopic (exact) mass is 308 g/mol. The van der Waals surface area contributed by atoms with E-state index in [9.17, 15) is 4.79 Å². The van der Waals surface area contributed by atoms with Crippen molar-refractivity contribution in [2.24, 2.45) is 7.05 Å². The van der Waals surface area contributed by atoms with Crippen LogP contribution in [0.4, 0.5) is 0 Å². The van der Waals surface area contributed by atoms with Gasteiger partial charge in [0.1, 0.15) is 11.6 Å². The van der Waals surface area contributed by atoms with Gasteiger partial charge in [-0.25, -0.2) is 4.98 Å². The Bertz CT molecular complexity index is 578. The number of halogens is 1. The molecule has 0 radical (unpaired) electrons. The maximum absolute atomic E-state index is 12.2. The van der Waals surface area contributed by atoms with E-state index in [4.69, 9.17) is 4.74 Å². The predicted molar refractivity (Wildman–Crippen MR) is 71.9 cm³/mol. The molecule has 0 aliphatic carbocycles. The van der Waals surface area contributed by atoms with Gasteiger partial charge in [0.15, 0.2) is 5.78 Å². The Morgan fingerprint density at radius 3 is 2.89 bits per heavy atom. The molecule has 0 atom stereocenters. The molecule has 0 spiro atoms. The Balaban J connectivity index is 2.26. The summed E-state index contributed by atoms with van der Waals surface area (Å²) in [5, 5.41) is 0. The number of ether oxygens (including phenoxy) is 1. The standard InChI is InChI=1S/C13H13BrN2O2/c1-16-6-5-15-13(16)8-12(17)10-7-9(18-2)3-4-11(10)14/h3-7H,8H2,1-2H3. The molecule has 2 rings (SSSR count). The van der Waals surface area contributed by atoms with Crippen molar-refractivity contribution in [2.75, 3.05) is 7.11 Å². The molecule has 1 heterocycles. The van der Waals surface area contributed by atoms with Gasteiger partial charge >= 0.3 is 0 Å². The van der Waals surface area contributed by atoms with Gasteiger partial charge in [0.25, 0.3) is 0 Å². The Morgan fingerprint density at radius 2 is 2.28 bits per heavy atom. The van der Waals surface area contributed by atoms with Crippen LogP contribution in [0.1, 0.15) is 16.2 Å². The molecule has 94 valence electrons. The van der Waals surface area contributed by atoms with E-state index in [1.165, 1.54) is 0 Å². The Hall–Kier alpha value is -1.62. The van der Waals surface area contributed by atoms with Crippen LogP contribution in [0.3, 0.4) is 0 Å². The minimum atomic E-state index is 0.00933. The van der Waals surface area contributed by atoms with Crippen molar-refractivity contribution in [2.45, 2.75) is 6.42 Å². The first-order valence-electron chi connectivity index (χ1n) is 5.44. The summed E-state index contributed by atoms with van der Waals surface area (Å²) in [6.07, 6.45) is 3.78. The molecule has 0 unspecified atom stereocenters. The molecule has 0 amide bonds. The van der Waals surface area contributed by atoms with Crippen LogP contribution in [0.5, 0.6) is 5.75 Å². The first-order chi connectivity index (χ1) is 8.61. The summed E-state index contributed by atoms with van der Waals surface area (Å²) in [6, 6.07) is 5.35. The molecular weight excluding hydrogens is 296 g/mol. The van der Waals surface area contributed by atoms with Crippen molar-refractivity contribution in [3.05, 3.63) is 46.5 Å². The summed E-state index contributed by atoms with van der Waals surface area (Å²) in [5.41, 5.74) is 0.609. The molecular formula is C13H13BrN2O2. The van der Waals surface area contributed by atoms with Crippen molar-refractivity contribution in [3.8, 4) is 5.75 Å². The highest BCUT2D eigenvalue weighted by Crippen LogP contribution is 2.23. The van der Waals surface area contributed by atoms with Crippen LogP contribution < -0.4 is 4.74 Å². The summed E-state index contributed by atoms with van der Waals surface area (Å²) in [4.78, 5) is 16.4. The number of aromatic nitrogens is 2. The summed E-state index contributed by atoms with van der Waals surface area (Å²) < 4.78 is 7.73. The smallest absolute Gasteiger partial charge is 0.171 e. The molecule has 0 aliphatic rings. The van der Waals surface area contributed by atoms with E-state index < -0.39 is 0 Å². The second-order valence-corrected chi connectivity index (χ2v) is 4.75. The quantitative estimate of drug-likeness (QED) is 0.816. The Morgan fingerprint density at radius 1 is 1.50 bits per heavy atom. The third-order valence-corrected chi connectivity index (χ3v) is 3.41. The Kier molecular flexibility index (Phi) is 3.81. The fourth-order valence-corrected chi connectivity index (χ4v) is 2.12. The maximum atomic E-state index is 12.2. The molecule has 5 heteroatoms. The topological polar surface area (TPSA) is 44.1 Å². The van der Waals surface area contributed by atoms with Crippen LogP contribution in [-0.2, 0) is 13.5 Å². The lowest BCUT2D eigenvalue weighted by molar-refractivity contribution is 0.0989. The number of aryl methyl sites for hydroxylation is 1. The molecule has 0 bridgehead atoms. The summed E-state index contributed by atoms with van der Waals surface area (Å²) in [7, 11) is 3.45. The number of carbonyl (C=O) groups excluding carboxylic acids is 1. The van der Waals surface area contributed by atoms with Gasteiger partial charge in [-0.05, 0) is 18.2 Å². The molecule has 0 fully saturated rings. The van der Waals surface area contributed by atoms with Gasteiger partial charge in [-0.3, -0.25) is 4.79 Å². The zero-order valence-corrected chi connectivity index (χ0v) is 11.8. The number of imidazole rings is 1. The van der Waals surface area contributed by atoms with Crippen LogP contribution in [0, 0.1) is 0 Å². The van der Waals surface area contributed by atoms with Crippen molar-refractivity contribution in [1.82, 2.24) is 9.55 Å². The number of nitrogens with zero attached hydrogens (tertiary/aromatic N) is 2. The van der Waals surface area contributed by atoms with Gasteiger partial charge < -0.3 is 9.30 Å². The Labute approximate surface area is 114 Å². The number of Topliss-reactive ketones (excluding diaryl/α,β-unsaturated/α-hetero) is 1. The van der Waals surface area contributed by atoms with Crippen molar-refractivity contribution >= 4 is 21.7 Å². The molecule has 0 saturated heterocycles. The third kappa shape index (κ3) is 2.61. The van der Waals surface area contributed by atoms with E-state index in [1.807, 2.05) is 29.9 Å². The molecule has 1 aromatic heterocycles. The minimum Gasteiger partial charge on any atom is -0.497 e. The molecule has 0 saturated carbocycles. The summed E-state index contributed by atoms with van der Waals surface area (Å²) >= 11 is 3.38. The number of carbonyl (C=O) groups is 1. The van der Waals surface area contributed by atoms with E-state index in [2.05, 4.69) is 20.9 Å². The number of rotatable bonds is 4. The number of hydrogen-bond donors (Lipinski definition) is 0. The van der Waals surface area contributed by atoms with Gasteiger partial charge in [-0.15, -0.1) is 0 Å². The van der Waals surface area contributed by atoms with E-state index in [-0.39, 0.29) is 12.2 Å². The lowest BCUT2D eigenvalue weighted by Crippen LogP contribution is -2.09. The second kappa shape index (κ2) is 5.35. The number of benzene rings is 1. The first kappa shape index (κ1) is 12.8. The highest BCUT2D eigenvalue weighted by atomic mass is 79.9. The van der Waals surface area contributed by atoms with E-state index >= 15 is 0 Å². The van der Waals surface area contributed by atoms with Gasteiger partial charge in [-0.1, -0.05) is 15.9 Å². The maximum Gasteiger partial charge on any atom is 0.171 e. The van der Waals surface area contributed by atoms with Crippen molar-refractivity contribution in [3.63, 3.8) is 0 Å². The SMILES string of the molecule is COc1ccc(Br)c(C(=O)Cc2nccn2C)c1. The number of hydrogen-bond acceptors (Lipinski definition) is 3. The fourth-order valence-electron chi connectivity index (χ4n) is 1.65. The third-order valence-electron chi connectivity index (χ3n) is 2.71. The minimum absolute atomic E-state index is 0.00933. The second-order valence-electron chi connectivity index (χ2n) is 3.90. The van der Waals surface area contributed by atoms with Crippen LogP contribution in [-0.4, -0.2) is 22.4 Å². The van der Waals surface area contributed by atoms with Crippen molar-refractivity contribution < 1.29 is 9.53 Å². The zero-order chi connectivity index (χ0) is 13.1. The van der Waals surface area contributed by atoms with Gasteiger partial charge in [-0.2, -0.15) is 0 Å². The average molecular weight is 309 g/mol. The van der Waals surface area contributed by atoms with Gasteiger partial charge in [0.05, 0.1) is 13.5 Å².